The van der Waals surface area contributed by atoms with Gasteiger partial charge in [0.25, 0.3) is 10.1 Å². The summed E-state index contributed by atoms with van der Waals surface area (Å²) in [6, 6.07) is 0. The standard InChI is InChI=1S/C20H36O9S/c1-7-14(5)11-27-17(21)9-16(19(22)29-12-15(6)8-2)18(30(24,25)26)20(23)28-10-13(3)4/h13-16,18H,7-12H2,1-6H3,(H,24,25,26). The molecule has 0 aliphatic rings. The summed E-state index contributed by atoms with van der Waals surface area (Å²) < 4.78 is 48.7. The summed E-state index contributed by atoms with van der Waals surface area (Å²) in [4.78, 5) is 37.3. The molecule has 0 heterocycles. The van der Waals surface area contributed by atoms with Gasteiger partial charge in [-0.15, -0.1) is 0 Å². The van der Waals surface area contributed by atoms with Crippen LogP contribution in [0.5, 0.6) is 0 Å². The summed E-state index contributed by atoms with van der Waals surface area (Å²) in [7, 11) is -5.07. The number of hydrogen-bond acceptors (Lipinski definition) is 8. The number of hydrogen-bond donors (Lipinski definition) is 1. The average molecular weight is 453 g/mol. The summed E-state index contributed by atoms with van der Waals surface area (Å²) >= 11 is 0. The van der Waals surface area contributed by atoms with Gasteiger partial charge in [-0.3, -0.25) is 18.9 Å². The third-order valence-electron chi connectivity index (χ3n) is 4.60. The second kappa shape index (κ2) is 13.6. The summed E-state index contributed by atoms with van der Waals surface area (Å²) in [6.45, 7) is 10.9. The molecule has 0 aromatic heterocycles. The fraction of sp³-hybridized carbons (Fsp3) is 0.850. The Kier molecular flexibility index (Phi) is 12.8. The Morgan fingerprint density at radius 2 is 1.27 bits per heavy atom. The highest BCUT2D eigenvalue weighted by Gasteiger charge is 2.46. The monoisotopic (exact) mass is 452 g/mol. The zero-order valence-corrected chi connectivity index (χ0v) is 19.6. The lowest BCUT2D eigenvalue weighted by Crippen LogP contribution is -2.44. The molecule has 0 aromatic carbocycles. The van der Waals surface area contributed by atoms with Crippen LogP contribution in [0.25, 0.3) is 0 Å². The highest BCUT2D eigenvalue weighted by molar-refractivity contribution is 7.87. The second-order valence-electron chi connectivity index (χ2n) is 8.11. The molecule has 0 bridgehead atoms. The molecule has 0 aliphatic heterocycles. The third-order valence-corrected chi connectivity index (χ3v) is 5.76. The van der Waals surface area contributed by atoms with Crippen molar-refractivity contribution in [2.24, 2.45) is 23.7 Å². The predicted molar refractivity (Wildman–Crippen MR) is 110 cm³/mol. The maximum absolute atomic E-state index is 12.6. The first-order valence-electron chi connectivity index (χ1n) is 10.3. The molecule has 10 heteroatoms. The molecule has 176 valence electrons. The maximum Gasteiger partial charge on any atom is 0.327 e. The molecule has 0 saturated carbocycles. The maximum atomic E-state index is 12.6. The first kappa shape index (κ1) is 28.3. The Balaban J connectivity index is 5.67. The zero-order valence-electron chi connectivity index (χ0n) is 18.8. The van der Waals surface area contributed by atoms with Crippen molar-refractivity contribution in [3.05, 3.63) is 0 Å². The number of carbonyl (C=O) groups excluding carboxylic acids is 3. The van der Waals surface area contributed by atoms with Crippen LogP contribution in [0.3, 0.4) is 0 Å². The van der Waals surface area contributed by atoms with Gasteiger partial charge in [-0.1, -0.05) is 54.4 Å². The Morgan fingerprint density at radius 3 is 1.70 bits per heavy atom. The molecule has 4 atom stereocenters. The van der Waals surface area contributed by atoms with Crippen LogP contribution < -0.4 is 0 Å². The molecule has 0 saturated heterocycles. The van der Waals surface area contributed by atoms with Gasteiger partial charge in [0.1, 0.15) is 0 Å². The quantitative estimate of drug-likeness (QED) is 0.240. The minimum Gasteiger partial charge on any atom is -0.465 e. The number of esters is 3. The summed E-state index contributed by atoms with van der Waals surface area (Å²) in [5.74, 6) is -5.10. The van der Waals surface area contributed by atoms with Gasteiger partial charge in [0.05, 0.1) is 32.2 Å². The van der Waals surface area contributed by atoms with Crippen LogP contribution in [0.15, 0.2) is 0 Å². The van der Waals surface area contributed by atoms with E-state index in [9.17, 15) is 27.4 Å². The lowest BCUT2D eigenvalue weighted by atomic mass is 10.0. The van der Waals surface area contributed by atoms with Crippen molar-refractivity contribution in [3.63, 3.8) is 0 Å². The van der Waals surface area contributed by atoms with Crippen molar-refractivity contribution < 1.29 is 41.6 Å². The molecule has 0 aromatic rings. The molecule has 0 radical (unpaired) electrons. The SMILES string of the molecule is CCC(C)COC(=O)CC(C(=O)OCC(C)CC)C(C(=O)OCC(C)C)S(=O)(=O)O. The molecule has 0 fully saturated rings. The van der Waals surface area contributed by atoms with Crippen LogP contribution in [-0.2, 0) is 38.7 Å². The molecule has 30 heavy (non-hydrogen) atoms. The van der Waals surface area contributed by atoms with E-state index in [-0.39, 0.29) is 37.6 Å². The van der Waals surface area contributed by atoms with Crippen LogP contribution in [0.4, 0.5) is 0 Å². The lowest BCUT2D eigenvalue weighted by Gasteiger charge is -2.23. The Hall–Kier alpha value is -1.68. The van der Waals surface area contributed by atoms with Crippen LogP contribution in [-0.4, -0.2) is 55.9 Å². The highest BCUT2D eigenvalue weighted by Crippen LogP contribution is 2.22. The van der Waals surface area contributed by atoms with Crippen molar-refractivity contribution in [1.82, 2.24) is 0 Å². The first-order valence-corrected chi connectivity index (χ1v) is 11.8. The molecule has 0 amide bonds. The normalized spacial score (nSPS) is 15.7. The molecule has 0 aliphatic carbocycles. The van der Waals surface area contributed by atoms with Gasteiger partial charge in [0.2, 0.25) is 0 Å². The first-order chi connectivity index (χ1) is 13.8. The van der Waals surface area contributed by atoms with Gasteiger partial charge >= 0.3 is 17.9 Å². The van der Waals surface area contributed by atoms with E-state index >= 15 is 0 Å². The highest BCUT2D eigenvalue weighted by atomic mass is 32.2. The van der Waals surface area contributed by atoms with E-state index in [2.05, 4.69) is 0 Å². The van der Waals surface area contributed by atoms with E-state index in [1.807, 2.05) is 27.7 Å². The van der Waals surface area contributed by atoms with Crippen molar-refractivity contribution in [2.45, 2.75) is 66.1 Å². The fourth-order valence-corrected chi connectivity index (χ4v) is 3.11. The largest absolute Gasteiger partial charge is 0.465 e. The predicted octanol–water partition coefficient (Wildman–Crippen LogP) is 2.63. The number of ether oxygens (including phenoxy) is 3. The van der Waals surface area contributed by atoms with E-state index in [4.69, 9.17) is 14.2 Å². The lowest BCUT2D eigenvalue weighted by molar-refractivity contribution is -0.160. The summed E-state index contributed by atoms with van der Waals surface area (Å²) in [5.41, 5.74) is 0. The van der Waals surface area contributed by atoms with E-state index in [0.717, 1.165) is 6.42 Å². The topological polar surface area (TPSA) is 133 Å². The zero-order chi connectivity index (χ0) is 23.5. The third kappa shape index (κ3) is 10.9. The van der Waals surface area contributed by atoms with Crippen molar-refractivity contribution >= 4 is 28.0 Å². The van der Waals surface area contributed by atoms with Gasteiger partial charge in [0.15, 0.2) is 5.25 Å². The van der Waals surface area contributed by atoms with Crippen LogP contribution in [0.1, 0.15) is 60.8 Å². The molecule has 9 nitrogen and oxygen atoms in total. The average Bonchev–Trinajstić information content (AvgIpc) is 2.66. The number of rotatable bonds is 14. The summed E-state index contributed by atoms with van der Waals surface area (Å²) in [5, 5.41) is -2.28. The minimum atomic E-state index is -5.07. The van der Waals surface area contributed by atoms with Crippen molar-refractivity contribution in [2.75, 3.05) is 19.8 Å². The molecule has 4 unspecified atom stereocenters. The van der Waals surface area contributed by atoms with Crippen LogP contribution in [0.2, 0.25) is 0 Å². The van der Waals surface area contributed by atoms with Crippen molar-refractivity contribution in [3.8, 4) is 0 Å². The van der Waals surface area contributed by atoms with Crippen LogP contribution in [0, 0.1) is 23.7 Å². The van der Waals surface area contributed by atoms with E-state index in [1.54, 1.807) is 13.8 Å². The number of carbonyl (C=O) groups is 3. The van der Waals surface area contributed by atoms with Gasteiger partial charge in [-0.2, -0.15) is 8.42 Å². The molecule has 0 spiro atoms. The Morgan fingerprint density at radius 1 is 0.800 bits per heavy atom. The molecular formula is C20H36O9S. The van der Waals surface area contributed by atoms with E-state index < -0.39 is 45.6 Å². The Labute approximate surface area is 179 Å². The molecule has 0 rings (SSSR count). The second-order valence-corrected chi connectivity index (χ2v) is 9.65. The van der Waals surface area contributed by atoms with Gasteiger partial charge in [-0.25, -0.2) is 0 Å². The van der Waals surface area contributed by atoms with Crippen LogP contribution >= 0.6 is 0 Å². The van der Waals surface area contributed by atoms with Gasteiger partial charge in [-0.05, 0) is 17.8 Å². The summed E-state index contributed by atoms with van der Waals surface area (Å²) in [6.07, 6.45) is 0.715. The van der Waals surface area contributed by atoms with E-state index in [0.29, 0.717) is 6.42 Å². The van der Waals surface area contributed by atoms with Gasteiger partial charge in [0, 0.05) is 0 Å². The molecular weight excluding hydrogens is 416 g/mol. The van der Waals surface area contributed by atoms with Crippen molar-refractivity contribution in [1.29, 1.82) is 0 Å². The van der Waals surface area contributed by atoms with Gasteiger partial charge < -0.3 is 14.2 Å². The fourth-order valence-electron chi connectivity index (χ4n) is 2.18. The minimum absolute atomic E-state index is 0.0102. The molecule has 1 N–H and O–H groups in total. The van der Waals surface area contributed by atoms with E-state index in [1.165, 1.54) is 0 Å². The smallest absolute Gasteiger partial charge is 0.327 e. The Bertz CT molecular complexity index is 657.